The summed E-state index contributed by atoms with van der Waals surface area (Å²) in [5, 5.41) is 5.80. The number of benzene rings is 3. The molecule has 0 aliphatic carbocycles. The molecule has 0 radical (unpaired) electrons. The lowest BCUT2D eigenvalue weighted by atomic mass is 10.0. The van der Waals surface area contributed by atoms with Crippen LogP contribution in [-0.2, 0) is 4.79 Å². The van der Waals surface area contributed by atoms with E-state index in [1.165, 1.54) is 14.2 Å². The van der Waals surface area contributed by atoms with Crippen LogP contribution < -0.4 is 24.8 Å². The number of likely N-dealkylation sites (tertiary alicyclic amines) is 1. The largest absolute Gasteiger partial charge is 0.497 e. The lowest BCUT2D eigenvalue weighted by molar-refractivity contribution is -0.117. The van der Waals surface area contributed by atoms with Gasteiger partial charge in [-0.15, -0.1) is 0 Å². The highest BCUT2D eigenvalue weighted by Crippen LogP contribution is 2.37. The first-order chi connectivity index (χ1) is 17.5. The predicted molar refractivity (Wildman–Crippen MR) is 139 cm³/mol. The Kier molecular flexibility index (Phi) is 8.07. The van der Waals surface area contributed by atoms with E-state index in [0.717, 1.165) is 30.7 Å². The van der Waals surface area contributed by atoms with Gasteiger partial charge in [-0.2, -0.15) is 0 Å². The van der Waals surface area contributed by atoms with Crippen molar-refractivity contribution in [3.8, 4) is 17.2 Å². The van der Waals surface area contributed by atoms with Crippen LogP contribution in [0, 0.1) is 0 Å². The highest BCUT2D eigenvalue weighted by Gasteiger charge is 2.28. The Morgan fingerprint density at radius 2 is 1.56 bits per heavy atom. The van der Waals surface area contributed by atoms with Crippen LogP contribution in [0.3, 0.4) is 0 Å². The van der Waals surface area contributed by atoms with Gasteiger partial charge in [0.15, 0.2) is 0 Å². The molecule has 1 heterocycles. The number of ether oxygens (including phenoxy) is 3. The first-order valence-corrected chi connectivity index (χ1v) is 11.8. The van der Waals surface area contributed by atoms with E-state index in [-0.39, 0.29) is 24.4 Å². The molecule has 188 valence electrons. The molecule has 2 N–H and O–H groups in total. The molecule has 1 atom stereocenters. The minimum absolute atomic E-state index is 0.151. The fourth-order valence-electron chi connectivity index (χ4n) is 4.49. The predicted octanol–water partition coefficient (Wildman–Crippen LogP) is 4.74. The molecule has 36 heavy (non-hydrogen) atoms. The van der Waals surface area contributed by atoms with E-state index in [2.05, 4.69) is 21.6 Å². The molecule has 1 aliphatic heterocycles. The van der Waals surface area contributed by atoms with E-state index in [9.17, 15) is 9.59 Å². The van der Waals surface area contributed by atoms with Crippen molar-refractivity contribution in [2.75, 3.05) is 45.1 Å². The minimum Gasteiger partial charge on any atom is -0.497 e. The van der Waals surface area contributed by atoms with E-state index in [0.29, 0.717) is 28.4 Å². The first kappa shape index (κ1) is 25.1. The number of nitrogens with one attached hydrogen (secondary N) is 2. The Balaban J connectivity index is 1.48. The zero-order chi connectivity index (χ0) is 25.5. The summed E-state index contributed by atoms with van der Waals surface area (Å²) < 4.78 is 16.4. The standard InChI is InChI=1S/C28H31N3O5/c1-34-21-12-7-11-20(15-21)24-13-8-14-31(24)18-27(32)29-22-16-26(36-3)23(17-25(22)35-2)30-28(33)19-9-5-4-6-10-19/h4-7,9-12,15-17,24H,8,13-14,18H2,1-3H3,(H,29,32)(H,30,33). The fraction of sp³-hybridized carbons (Fsp3) is 0.286. The number of carbonyl (C=O) groups is 2. The quantitative estimate of drug-likeness (QED) is 0.451. The lowest BCUT2D eigenvalue weighted by Crippen LogP contribution is -2.33. The number of anilines is 2. The number of carbonyl (C=O) groups excluding carboxylic acids is 2. The second kappa shape index (κ2) is 11.6. The zero-order valence-electron chi connectivity index (χ0n) is 20.7. The molecule has 1 aliphatic rings. The van der Waals surface area contributed by atoms with Gasteiger partial charge in [-0.05, 0) is 49.2 Å². The summed E-state index contributed by atoms with van der Waals surface area (Å²) in [6.07, 6.45) is 2.00. The summed E-state index contributed by atoms with van der Waals surface area (Å²) in [5.41, 5.74) is 2.57. The molecule has 3 aromatic rings. The minimum atomic E-state index is -0.273. The van der Waals surface area contributed by atoms with Crippen molar-refractivity contribution in [3.05, 3.63) is 77.9 Å². The van der Waals surface area contributed by atoms with Crippen LogP contribution in [0.1, 0.15) is 34.8 Å². The third-order valence-corrected chi connectivity index (χ3v) is 6.27. The maximum Gasteiger partial charge on any atom is 0.255 e. The topological polar surface area (TPSA) is 89.1 Å². The molecule has 8 heteroatoms. The van der Waals surface area contributed by atoms with E-state index >= 15 is 0 Å². The monoisotopic (exact) mass is 489 g/mol. The van der Waals surface area contributed by atoms with Gasteiger partial charge in [0.1, 0.15) is 17.2 Å². The molecule has 0 aromatic heterocycles. The molecule has 1 fully saturated rings. The fourth-order valence-corrected chi connectivity index (χ4v) is 4.49. The lowest BCUT2D eigenvalue weighted by Gasteiger charge is -2.25. The second-order valence-electron chi connectivity index (χ2n) is 8.53. The number of hydrogen-bond acceptors (Lipinski definition) is 6. The van der Waals surface area contributed by atoms with Crippen LogP contribution in [0.15, 0.2) is 66.7 Å². The van der Waals surface area contributed by atoms with Crippen molar-refractivity contribution in [3.63, 3.8) is 0 Å². The Bertz CT molecular complexity index is 1220. The van der Waals surface area contributed by atoms with E-state index < -0.39 is 0 Å². The first-order valence-electron chi connectivity index (χ1n) is 11.8. The van der Waals surface area contributed by atoms with Crippen molar-refractivity contribution < 1.29 is 23.8 Å². The summed E-state index contributed by atoms with van der Waals surface area (Å²) in [7, 11) is 4.67. The Hall–Kier alpha value is -4.04. The number of amides is 2. The molecule has 1 unspecified atom stereocenters. The van der Waals surface area contributed by atoms with Crippen LogP contribution >= 0.6 is 0 Å². The molecule has 3 aromatic carbocycles. The molecule has 0 bridgehead atoms. The van der Waals surface area contributed by atoms with E-state index in [4.69, 9.17) is 14.2 Å². The van der Waals surface area contributed by atoms with Crippen molar-refractivity contribution in [2.45, 2.75) is 18.9 Å². The molecule has 0 spiro atoms. The number of rotatable bonds is 9. The van der Waals surface area contributed by atoms with Gasteiger partial charge in [-0.3, -0.25) is 14.5 Å². The molecule has 2 amide bonds. The third kappa shape index (κ3) is 5.78. The van der Waals surface area contributed by atoms with Gasteiger partial charge in [0.2, 0.25) is 5.91 Å². The molecule has 1 saturated heterocycles. The number of hydrogen-bond donors (Lipinski definition) is 2. The van der Waals surface area contributed by atoms with Crippen LogP contribution in [0.5, 0.6) is 17.2 Å². The smallest absolute Gasteiger partial charge is 0.255 e. The molecule has 4 rings (SSSR count). The SMILES string of the molecule is COc1cccc(C2CCCN2CC(=O)Nc2cc(OC)c(NC(=O)c3ccccc3)cc2OC)c1. The third-order valence-electron chi connectivity index (χ3n) is 6.27. The number of nitrogens with zero attached hydrogens (tertiary/aromatic N) is 1. The highest BCUT2D eigenvalue weighted by molar-refractivity contribution is 6.05. The zero-order valence-corrected chi connectivity index (χ0v) is 20.7. The normalized spacial score (nSPS) is 15.2. The van der Waals surface area contributed by atoms with Crippen LogP contribution in [0.25, 0.3) is 0 Å². The summed E-state index contributed by atoms with van der Waals surface area (Å²) in [4.78, 5) is 27.8. The summed E-state index contributed by atoms with van der Waals surface area (Å²) >= 11 is 0. The Morgan fingerprint density at radius 1 is 0.861 bits per heavy atom. The summed E-state index contributed by atoms with van der Waals surface area (Å²) in [6, 6.07) is 20.3. The second-order valence-corrected chi connectivity index (χ2v) is 8.53. The van der Waals surface area contributed by atoms with Gasteiger partial charge in [0.25, 0.3) is 5.91 Å². The Labute approximate surface area is 211 Å². The molecule has 8 nitrogen and oxygen atoms in total. The van der Waals surface area contributed by atoms with Crippen LogP contribution in [-0.4, -0.2) is 51.1 Å². The summed E-state index contributed by atoms with van der Waals surface area (Å²) in [6.45, 7) is 1.07. The maximum atomic E-state index is 13.0. The molecular formula is C28H31N3O5. The average molecular weight is 490 g/mol. The summed E-state index contributed by atoms with van der Waals surface area (Å²) in [5.74, 6) is 1.20. The van der Waals surface area contributed by atoms with Crippen LogP contribution in [0.2, 0.25) is 0 Å². The number of methoxy groups -OCH3 is 3. The van der Waals surface area contributed by atoms with Gasteiger partial charge in [-0.25, -0.2) is 0 Å². The Morgan fingerprint density at radius 3 is 2.22 bits per heavy atom. The van der Waals surface area contributed by atoms with Gasteiger partial charge in [0, 0.05) is 23.7 Å². The highest BCUT2D eigenvalue weighted by atomic mass is 16.5. The molecular weight excluding hydrogens is 458 g/mol. The van der Waals surface area contributed by atoms with Gasteiger partial charge < -0.3 is 24.8 Å². The van der Waals surface area contributed by atoms with Crippen LogP contribution in [0.4, 0.5) is 11.4 Å². The van der Waals surface area contributed by atoms with E-state index in [1.807, 2.05) is 24.3 Å². The van der Waals surface area contributed by atoms with Crippen molar-refractivity contribution in [1.82, 2.24) is 4.90 Å². The van der Waals surface area contributed by atoms with Gasteiger partial charge >= 0.3 is 0 Å². The van der Waals surface area contributed by atoms with Gasteiger partial charge in [0.05, 0.1) is 39.2 Å². The van der Waals surface area contributed by atoms with E-state index in [1.54, 1.807) is 43.5 Å². The molecule has 0 saturated carbocycles. The van der Waals surface area contributed by atoms with Crippen molar-refractivity contribution in [2.24, 2.45) is 0 Å². The average Bonchev–Trinajstić information content (AvgIpc) is 3.37. The maximum absolute atomic E-state index is 13.0. The van der Waals surface area contributed by atoms with Crippen molar-refractivity contribution in [1.29, 1.82) is 0 Å². The van der Waals surface area contributed by atoms with Gasteiger partial charge in [-0.1, -0.05) is 30.3 Å². The van der Waals surface area contributed by atoms with Crippen molar-refractivity contribution >= 4 is 23.2 Å².